The van der Waals surface area contributed by atoms with E-state index >= 15 is 0 Å². The lowest BCUT2D eigenvalue weighted by Gasteiger charge is -2.09. The molecule has 0 bridgehead atoms. The van der Waals surface area contributed by atoms with Crippen LogP contribution in [0, 0.1) is 0 Å². The molecule has 4 aromatic carbocycles. The van der Waals surface area contributed by atoms with E-state index < -0.39 is 0 Å². The molecule has 7 rings (SSSR count). The third-order valence-electron chi connectivity index (χ3n) is 7.95. The quantitative estimate of drug-likeness (QED) is 0.0482. The van der Waals surface area contributed by atoms with Crippen LogP contribution in [0.15, 0.2) is 152 Å². The van der Waals surface area contributed by atoms with E-state index in [0.29, 0.717) is 53.8 Å². The molecule has 3 aromatic heterocycles. The molecule has 300 valence electrons. The highest BCUT2D eigenvalue weighted by Crippen LogP contribution is 2.18. The Hall–Kier alpha value is -7.42. The summed E-state index contributed by atoms with van der Waals surface area (Å²) >= 11 is 5.32. The number of amides is 1. The maximum Gasteiger partial charge on any atom is 0.255 e. The van der Waals surface area contributed by atoms with Crippen LogP contribution in [0.25, 0.3) is 0 Å². The van der Waals surface area contributed by atoms with Crippen molar-refractivity contribution in [3.63, 3.8) is 0 Å². The lowest BCUT2D eigenvalue weighted by molar-refractivity contribution is 0.100. The summed E-state index contributed by atoms with van der Waals surface area (Å²) in [6.45, 7) is 4.86. The number of nitrogens with two attached hydrogens (primary N) is 2. The molecule has 59 heavy (non-hydrogen) atoms. The number of nitrogen functional groups attached to an aromatic ring is 1. The summed E-state index contributed by atoms with van der Waals surface area (Å²) in [6, 6.07) is 34.6. The zero-order chi connectivity index (χ0) is 42.2. The average molecular weight is 810 g/mol. The van der Waals surface area contributed by atoms with Gasteiger partial charge in [-0.1, -0.05) is 72.8 Å². The molecule has 0 aliphatic heterocycles. The van der Waals surface area contributed by atoms with Gasteiger partial charge < -0.3 is 27.4 Å². The van der Waals surface area contributed by atoms with Gasteiger partial charge in [0.1, 0.15) is 0 Å². The van der Waals surface area contributed by atoms with Crippen molar-refractivity contribution in [2.24, 2.45) is 5.73 Å². The molecule has 15 heteroatoms. The summed E-state index contributed by atoms with van der Waals surface area (Å²) < 4.78 is 0. The van der Waals surface area contributed by atoms with Crippen LogP contribution >= 0.6 is 11.6 Å². The van der Waals surface area contributed by atoms with Crippen molar-refractivity contribution in [1.82, 2.24) is 29.9 Å². The number of nitrogens with zero attached hydrogens (tertiary/aromatic N) is 6. The Labute approximate surface area is 347 Å². The first-order valence-corrected chi connectivity index (χ1v) is 18.6. The lowest BCUT2D eigenvalue weighted by atomic mass is 10.1. The Bertz CT molecular complexity index is 2320. The number of anilines is 4. The van der Waals surface area contributed by atoms with E-state index in [1.165, 1.54) is 0 Å². The van der Waals surface area contributed by atoms with Gasteiger partial charge in [0.2, 0.25) is 17.2 Å². The van der Waals surface area contributed by atoms with E-state index in [2.05, 4.69) is 45.9 Å². The number of halogens is 1. The van der Waals surface area contributed by atoms with E-state index in [9.17, 15) is 14.4 Å². The fourth-order valence-electron chi connectivity index (χ4n) is 4.74. The van der Waals surface area contributed by atoms with Crippen LogP contribution in [0.2, 0.25) is 5.28 Å². The number of rotatable bonds is 11. The van der Waals surface area contributed by atoms with Crippen LogP contribution in [0.5, 0.6) is 0 Å². The zero-order valence-electron chi connectivity index (χ0n) is 32.5. The van der Waals surface area contributed by atoms with Crippen molar-refractivity contribution in [2.75, 3.05) is 21.7 Å². The second-order valence-corrected chi connectivity index (χ2v) is 12.7. The minimum Gasteiger partial charge on any atom is -0.397 e. The van der Waals surface area contributed by atoms with Gasteiger partial charge in [0.15, 0.2) is 11.6 Å². The van der Waals surface area contributed by atoms with Gasteiger partial charge in [-0.3, -0.25) is 14.4 Å². The Morgan fingerprint density at radius 3 is 1.29 bits per heavy atom. The molecule has 0 saturated carbocycles. The zero-order valence-corrected chi connectivity index (χ0v) is 33.3. The van der Waals surface area contributed by atoms with Crippen LogP contribution in [-0.2, 0) is 19.6 Å². The summed E-state index contributed by atoms with van der Waals surface area (Å²) in [5, 5.41) is 9.32. The van der Waals surface area contributed by atoms with Crippen LogP contribution < -0.4 is 27.4 Å². The number of ketones is 2. The molecule has 14 nitrogen and oxygen atoms in total. The molecule has 0 aliphatic rings. The second kappa shape index (κ2) is 24.3. The minimum atomic E-state index is -0.196. The number of para-hydroxylation sites is 2. The summed E-state index contributed by atoms with van der Waals surface area (Å²) in [7, 11) is 0. The smallest absolute Gasteiger partial charge is 0.255 e. The number of benzene rings is 4. The highest BCUT2D eigenvalue weighted by Gasteiger charge is 2.08. The first kappa shape index (κ1) is 44.3. The van der Waals surface area contributed by atoms with Gasteiger partial charge in [0, 0.05) is 73.5 Å². The molecular weight excluding hydrogens is 766 g/mol. The maximum absolute atomic E-state index is 12.3. The summed E-state index contributed by atoms with van der Waals surface area (Å²) in [5.74, 6) is 1.14. The van der Waals surface area contributed by atoms with Gasteiger partial charge >= 0.3 is 0 Å². The highest BCUT2D eigenvalue weighted by molar-refractivity contribution is 6.28. The SMILES string of the molecule is CC(=O)c1ccc(CN)cc1.CC(=O)c1ccc(CNc2ncccn2)cc1.Clc1ncccn1.Nc1ccccc1NC(=O)c1ccc(CNc2ncccn2)cc1. The molecule has 1 amide bonds. The van der Waals surface area contributed by atoms with E-state index in [0.717, 1.165) is 27.8 Å². The molecule has 0 aliphatic carbocycles. The van der Waals surface area contributed by atoms with Crippen LogP contribution in [0.3, 0.4) is 0 Å². The summed E-state index contributed by atoms with van der Waals surface area (Å²) in [5.41, 5.74) is 17.6. The number of Topliss-reactive ketones (excluding diaryl/α,β-unsaturated/α-hetero) is 2. The Kier molecular flexibility index (Phi) is 18.2. The number of hydrogen-bond donors (Lipinski definition) is 5. The monoisotopic (exact) mass is 809 g/mol. The van der Waals surface area contributed by atoms with Crippen LogP contribution in [-0.4, -0.2) is 47.4 Å². The molecule has 0 atom stereocenters. The molecule has 7 N–H and O–H groups in total. The Morgan fingerprint density at radius 1 is 0.525 bits per heavy atom. The van der Waals surface area contributed by atoms with Gasteiger partial charge in [-0.2, -0.15) is 0 Å². The number of hydrogen-bond acceptors (Lipinski definition) is 13. The van der Waals surface area contributed by atoms with Crippen molar-refractivity contribution in [3.05, 3.63) is 191 Å². The molecule has 0 fully saturated rings. The first-order chi connectivity index (χ1) is 28.6. The lowest BCUT2D eigenvalue weighted by Crippen LogP contribution is -2.13. The normalized spacial score (nSPS) is 9.83. The second-order valence-electron chi connectivity index (χ2n) is 12.3. The molecule has 3 heterocycles. The fraction of sp³-hybridized carbons (Fsp3) is 0.114. The number of carbonyl (C=O) groups is 3. The standard InChI is InChI=1S/C18H17N5O.C13H13N3O.C9H11NO.C4H3ClN2/c19-15-4-1-2-5-16(15)23-17(24)14-8-6-13(7-9-14)12-22-18-20-10-3-11-21-18;1-10(17)12-5-3-11(4-6-12)9-16-13-14-7-2-8-15-13;1-7(11)9-4-2-8(6-10)3-5-9;5-4-6-2-1-3-7-4/h1-11H,12,19H2,(H,23,24)(H,20,21,22);2-8H,9H2,1H3,(H,14,15,16);2-5H,6,10H2,1H3;1-3H. The Morgan fingerprint density at radius 2 is 0.915 bits per heavy atom. The predicted octanol–water partition coefficient (Wildman–Crippen LogP) is 7.69. The number of aromatic nitrogens is 6. The van der Waals surface area contributed by atoms with E-state index in [1.54, 1.807) is 106 Å². The maximum atomic E-state index is 12.3. The van der Waals surface area contributed by atoms with E-state index in [-0.39, 0.29) is 17.5 Å². The number of carbonyl (C=O) groups excluding carboxylic acids is 3. The van der Waals surface area contributed by atoms with Crippen molar-refractivity contribution in [1.29, 1.82) is 0 Å². The molecule has 0 radical (unpaired) electrons. The van der Waals surface area contributed by atoms with Crippen molar-refractivity contribution < 1.29 is 14.4 Å². The van der Waals surface area contributed by atoms with Crippen LogP contribution in [0.4, 0.5) is 23.3 Å². The van der Waals surface area contributed by atoms with Crippen molar-refractivity contribution in [3.8, 4) is 0 Å². The Balaban J connectivity index is 0.000000190. The molecule has 0 saturated heterocycles. The van der Waals surface area contributed by atoms with Crippen molar-refractivity contribution in [2.45, 2.75) is 33.5 Å². The van der Waals surface area contributed by atoms with Gasteiger partial charge in [-0.15, -0.1) is 0 Å². The summed E-state index contributed by atoms with van der Waals surface area (Å²) in [6.07, 6.45) is 9.92. The van der Waals surface area contributed by atoms with Gasteiger partial charge in [-0.05, 0) is 84.6 Å². The topological polar surface area (TPSA) is 217 Å². The molecule has 0 unspecified atom stereocenters. The highest BCUT2D eigenvalue weighted by atomic mass is 35.5. The van der Waals surface area contributed by atoms with Gasteiger partial charge in [0.25, 0.3) is 5.91 Å². The van der Waals surface area contributed by atoms with Gasteiger partial charge in [-0.25, -0.2) is 29.9 Å². The molecule has 0 spiro atoms. The van der Waals surface area contributed by atoms with E-state index in [4.69, 9.17) is 23.1 Å². The third kappa shape index (κ3) is 16.3. The summed E-state index contributed by atoms with van der Waals surface area (Å²) in [4.78, 5) is 57.8. The predicted molar refractivity (Wildman–Crippen MR) is 232 cm³/mol. The minimum absolute atomic E-state index is 0.0795. The fourth-order valence-corrected chi connectivity index (χ4v) is 4.85. The largest absolute Gasteiger partial charge is 0.397 e. The molecular formula is C44H44ClN11O3. The number of nitrogens with one attached hydrogen (secondary N) is 3. The average Bonchev–Trinajstić information content (AvgIpc) is 3.27. The third-order valence-corrected chi connectivity index (χ3v) is 8.14. The van der Waals surface area contributed by atoms with Crippen molar-refractivity contribution >= 4 is 52.3 Å². The van der Waals surface area contributed by atoms with Crippen LogP contribution in [0.1, 0.15) is 61.6 Å². The van der Waals surface area contributed by atoms with Gasteiger partial charge in [0.05, 0.1) is 11.4 Å². The first-order valence-electron chi connectivity index (χ1n) is 18.2. The van der Waals surface area contributed by atoms with E-state index in [1.807, 2.05) is 60.7 Å². The molecule has 7 aromatic rings.